The Balaban J connectivity index is 1.71. The van der Waals surface area contributed by atoms with E-state index in [0.29, 0.717) is 12.2 Å². The number of allylic oxidation sites excluding steroid dienone is 2. The molecule has 1 aliphatic carbocycles. The minimum atomic E-state index is -0.365. The van der Waals surface area contributed by atoms with Crippen LogP contribution in [0.2, 0.25) is 0 Å². The number of carbonyl (C=O) groups excluding carboxylic acids is 1. The van der Waals surface area contributed by atoms with Gasteiger partial charge in [-0.05, 0) is 48.6 Å². The van der Waals surface area contributed by atoms with Crippen LogP contribution in [-0.2, 0) is 4.74 Å². The Kier molecular flexibility index (Phi) is 4.39. The molecule has 1 aliphatic heterocycles. The molecule has 2 aromatic rings. The quantitative estimate of drug-likeness (QED) is 0.371. The van der Waals surface area contributed by atoms with Gasteiger partial charge in [0.15, 0.2) is 0 Å². The summed E-state index contributed by atoms with van der Waals surface area (Å²) < 4.78 is 5.12. The van der Waals surface area contributed by atoms with Crippen molar-refractivity contribution in [2.24, 2.45) is 5.92 Å². The molecule has 2 aliphatic rings. The van der Waals surface area contributed by atoms with E-state index in [4.69, 9.17) is 4.74 Å². The van der Waals surface area contributed by atoms with Crippen LogP contribution in [0, 0.1) is 16.0 Å². The Bertz CT molecular complexity index is 938. The lowest BCUT2D eigenvalue weighted by atomic mass is 9.76. The largest absolute Gasteiger partial charge is 0.462 e. The summed E-state index contributed by atoms with van der Waals surface area (Å²) in [6, 6.07) is 12.3. The van der Waals surface area contributed by atoms with Crippen LogP contribution in [0.15, 0.2) is 54.6 Å². The average molecular weight is 364 g/mol. The van der Waals surface area contributed by atoms with Gasteiger partial charge < -0.3 is 10.1 Å². The van der Waals surface area contributed by atoms with E-state index in [9.17, 15) is 14.9 Å². The van der Waals surface area contributed by atoms with Crippen LogP contribution in [0.5, 0.6) is 0 Å². The molecule has 6 nitrogen and oxygen atoms in total. The van der Waals surface area contributed by atoms with Crippen molar-refractivity contribution in [3.8, 4) is 0 Å². The number of nitro groups is 1. The van der Waals surface area contributed by atoms with E-state index >= 15 is 0 Å². The Morgan fingerprint density at radius 3 is 2.93 bits per heavy atom. The fraction of sp³-hybridized carbons (Fsp3) is 0.286. The molecule has 0 spiro atoms. The number of nitro benzene ring substituents is 1. The van der Waals surface area contributed by atoms with Gasteiger partial charge in [0.2, 0.25) is 0 Å². The molecule has 6 heteroatoms. The number of non-ortho nitro benzene ring substituents is 1. The zero-order valence-electron chi connectivity index (χ0n) is 14.9. The molecule has 0 bridgehead atoms. The van der Waals surface area contributed by atoms with Gasteiger partial charge in [-0.3, -0.25) is 10.1 Å². The molecule has 27 heavy (non-hydrogen) atoms. The Hall–Kier alpha value is -3.15. The molecule has 0 fully saturated rings. The summed E-state index contributed by atoms with van der Waals surface area (Å²) in [7, 11) is 0. The first-order valence-corrected chi connectivity index (χ1v) is 9.07. The van der Waals surface area contributed by atoms with E-state index in [1.165, 1.54) is 6.07 Å². The lowest BCUT2D eigenvalue weighted by Crippen LogP contribution is -2.29. The van der Waals surface area contributed by atoms with Gasteiger partial charge >= 0.3 is 5.97 Å². The molecule has 0 saturated heterocycles. The van der Waals surface area contributed by atoms with E-state index < -0.39 is 0 Å². The molecule has 0 saturated carbocycles. The third-order valence-corrected chi connectivity index (χ3v) is 5.31. The SMILES string of the molecule is CCOC(=O)c1ccc2c(c1)[C@@H]1C=CC[C@@H]1[C@H](c1cccc([N+](=O)[O-])c1)N2. The zero-order valence-corrected chi connectivity index (χ0v) is 14.9. The van der Waals surface area contributed by atoms with Crippen molar-refractivity contribution < 1.29 is 14.5 Å². The molecule has 0 aromatic heterocycles. The number of rotatable bonds is 4. The summed E-state index contributed by atoms with van der Waals surface area (Å²) in [5, 5.41) is 14.7. The third-order valence-electron chi connectivity index (χ3n) is 5.31. The van der Waals surface area contributed by atoms with Crippen LogP contribution in [-0.4, -0.2) is 17.5 Å². The summed E-state index contributed by atoms with van der Waals surface area (Å²) in [4.78, 5) is 22.9. The summed E-state index contributed by atoms with van der Waals surface area (Å²) in [5.74, 6) is 0.0940. The Morgan fingerprint density at radius 1 is 1.30 bits per heavy atom. The van der Waals surface area contributed by atoms with Gasteiger partial charge in [0.25, 0.3) is 5.69 Å². The van der Waals surface area contributed by atoms with Crippen LogP contribution in [0.3, 0.4) is 0 Å². The van der Waals surface area contributed by atoms with Gasteiger partial charge in [0.1, 0.15) is 0 Å². The van der Waals surface area contributed by atoms with E-state index in [-0.39, 0.29) is 34.5 Å². The van der Waals surface area contributed by atoms with E-state index in [1.807, 2.05) is 18.2 Å². The molecule has 0 amide bonds. The van der Waals surface area contributed by atoms with Crippen LogP contribution >= 0.6 is 0 Å². The van der Waals surface area contributed by atoms with Gasteiger partial charge in [-0.2, -0.15) is 0 Å². The number of hydrogen-bond acceptors (Lipinski definition) is 5. The standard InChI is InChI=1S/C21H20N2O4/c1-2-27-21(24)14-9-10-19-18(12-14)16-7-4-8-17(16)20(22-19)13-5-3-6-15(11-13)23(25)26/h3-7,9-12,16-17,20,22H,2,8H2,1H3/t16-,17+,20+/m1/s1. The number of nitrogens with one attached hydrogen (secondary N) is 1. The lowest BCUT2D eigenvalue weighted by molar-refractivity contribution is -0.384. The van der Waals surface area contributed by atoms with Crippen LogP contribution < -0.4 is 5.32 Å². The smallest absolute Gasteiger partial charge is 0.338 e. The number of fused-ring (bicyclic) bond motifs is 3. The summed E-state index contributed by atoms with van der Waals surface area (Å²) >= 11 is 0. The average Bonchev–Trinajstić information content (AvgIpc) is 3.17. The maximum Gasteiger partial charge on any atom is 0.338 e. The maximum atomic E-state index is 12.1. The second-order valence-electron chi connectivity index (χ2n) is 6.85. The van der Waals surface area contributed by atoms with Crippen molar-refractivity contribution >= 4 is 17.3 Å². The third kappa shape index (κ3) is 3.07. The van der Waals surface area contributed by atoms with Gasteiger partial charge in [-0.25, -0.2) is 4.79 Å². The normalized spacial score (nSPS) is 22.5. The highest BCUT2D eigenvalue weighted by Crippen LogP contribution is 2.50. The van der Waals surface area contributed by atoms with E-state index in [1.54, 1.807) is 25.1 Å². The molecule has 0 unspecified atom stereocenters. The number of nitrogens with zero attached hydrogens (tertiary/aromatic N) is 1. The molecule has 2 aromatic carbocycles. The highest BCUT2D eigenvalue weighted by molar-refractivity contribution is 5.90. The van der Waals surface area contributed by atoms with Crippen molar-refractivity contribution in [2.45, 2.75) is 25.3 Å². The second-order valence-corrected chi connectivity index (χ2v) is 6.85. The van der Waals surface area contributed by atoms with E-state index in [0.717, 1.165) is 23.2 Å². The molecule has 1 heterocycles. The van der Waals surface area contributed by atoms with Gasteiger partial charge in [0.05, 0.1) is 23.1 Å². The summed E-state index contributed by atoms with van der Waals surface area (Å²) in [6.07, 6.45) is 5.20. The predicted octanol–water partition coefficient (Wildman–Crippen LogP) is 4.60. The first kappa shape index (κ1) is 17.3. The molecular formula is C21H20N2O4. The van der Waals surface area contributed by atoms with Crippen molar-refractivity contribution in [1.29, 1.82) is 0 Å². The number of carbonyl (C=O) groups is 1. The first-order chi connectivity index (χ1) is 13.1. The highest BCUT2D eigenvalue weighted by Gasteiger charge is 2.38. The van der Waals surface area contributed by atoms with Crippen LogP contribution in [0.1, 0.15) is 46.8 Å². The van der Waals surface area contributed by atoms with Crippen LogP contribution in [0.4, 0.5) is 11.4 Å². The molecule has 1 N–H and O–H groups in total. The number of hydrogen-bond donors (Lipinski definition) is 1. The minimum Gasteiger partial charge on any atom is -0.462 e. The lowest BCUT2D eigenvalue weighted by Gasteiger charge is -2.37. The topological polar surface area (TPSA) is 81.5 Å². The zero-order chi connectivity index (χ0) is 19.0. The van der Waals surface area contributed by atoms with Crippen molar-refractivity contribution in [3.63, 3.8) is 0 Å². The molecule has 3 atom stereocenters. The molecule has 4 rings (SSSR count). The van der Waals surface area contributed by atoms with Crippen molar-refractivity contribution in [3.05, 3.63) is 81.4 Å². The maximum absolute atomic E-state index is 12.1. The molecular weight excluding hydrogens is 344 g/mol. The Labute approximate surface area is 157 Å². The van der Waals surface area contributed by atoms with Gasteiger partial charge in [-0.15, -0.1) is 0 Å². The van der Waals surface area contributed by atoms with Gasteiger partial charge in [-0.1, -0.05) is 24.3 Å². The number of anilines is 1. The Morgan fingerprint density at radius 2 is 2.15 bits per heavy atom. The highest BCUT2D eigenvalue weighted by atomic mass is 16.6. The first-order valence-electron chi connectivity index (χ1n) is 9.07. The van der Waals surface area contributed by atoms with Gasteiger partial charge in [0, 0.05) is 23.7 Å². The van der Waals surface area contributed by atoms with E-state index in [2.05, 4.69) is 17.5 Å². The number of esters is 1. The van der Waals surface area contributed by atoms with Crippen molar-refractivity contribution in [2.75, 3.05) is 11.9 Å². The minimum absolute atomic E-state index is 0.0224. The monoisotopic (exact) mass is 364 g/mol. The fourth-order valence-electron chi connectivity index (χ4n) is 4.10. The van der Waals surface area contributed by atoms with Crippen LogP contribution in [0.25, 0.3) is 0 Å². The predicted molar refractivity (Wildman–Crippen MR) is 102 cm³/mol. The summed E-state index contributed by atoms with van der Waals surface area (Å²) in [5.41, 5.74) is 3.57. The number of benzene rings is 2. The number of ether oxygens (including phenoxy) is 1. The summed E-state index contributed by atoms with van der Waals surface area (Å²) in [6.45, 7) is 2.13. The molecule has 138 valence electrons. The second kappa shape index (κ2) is 6.87. The van der Waals surface area contributed by atoms with Crippen molar-refractivity contribution in [1.82, 2.24) is 0 Å². The molecule has 0 radical (unpaired) electrons. The fourth-order valence-corrected chi connectivity index (χ4v) is 4.10.